The third kappa shape index (κ3) is 8.16. The lowest BCUT2D eigenvalue weighted by Gasteiger charge is -2.24. The lowest BCUT2D eigenvalue weighted by Crippen LogP contribution is -2.51. The number of thiazole rings is 1. The highest BCUT2D eigenvalue weighted by atomic mass is 32.2. The highest BCUT2D eigenvalue weighted by Gasteiger charge is 2.61. The number of ketones is 1. The number of methoxy groups -OCH3 is 1. The summed E-state index contributed by atoms with van der Waals surface area (Å²) in [5.41, 5.74) is 1.88. The van der Waals surface area contributed by atoms with Gasteiger partial charge in [0.15, 0.2) is 15.6 Å². The van der Waals surface area contributed by atoms with Crippen molar-refractivity contribution in [1.82, 2.24) is 20.6 Å². The number of amides is 2. The van der Waals surface area contributed by atoms with Crippen LogP contribution >= 0.6 is 11.3 Å². The number of aryl methyl sites for hydroxylation is 1. The smallest absolute Gasteiger partial charge is 0.224 e. The summed E-state index contributed by atoms with van der Waals surface area (Å²) in [5.74, 6) is -2.05. The van der Waals surface area contributed by atoms with Gasteiger partial charge in [0.05, 0.1) is 35.4 Å². The molecule has 286 valence electrons. The summed E-state index contributed by atoms with van der Waals surface area (Å²) in [5, 5.41) is 8.97. The molecule has 3 aliphatic rings. The van der Waals surface area contributed by atoms with Gasteiger partial charge in [0.1, 0.15) is 39.6 Å². The van der Waals surface area contributed by atoms with Gasteiger partial charge in [0.2, 0.25) is 11.8 Å². The minimum atomic E-state index is -3.70. The van der Waals surface area contributed by atoms with Crippen LogP contribution in [0.15, 0.2) is 35.7 Å². The molecule has 0 radical (unpaired) electrons. The van der Waals surface area contributed by atoms with E-state index in [-0.39, 0.29) is 24.2 Å². The van der Waals surface area contributed by atoms with Crippen molar-refractivity contribution in [2.75, 3.05) is 19.4 Å². The number of rotatable bonds is 10. The number of hydrogen-bond acceptors (Lipinski definition) is 10. The Kier molecular flexibility index (Phi) is 11.6. The van der Waals surface area contributed by atoms with Crippen LogP contribution in [0.4, 0.5) is 0 Å². The fourth-order valence-corrected chi connectivity index (χ4v) is 9.92. The molecule has 0 saturated heterocycles. The van der Waals surface area contributed by atoms with Gasteiger partial charge in [-0.3, -0.25) is 14.4 Å². The molecule has 2 saturated carbocycles. The molecule has 11 nitrogen and oxygen atoms in total. The molecule has 1 aromatic carbocycles. The zero-order chi connectivity index (χ0) is 38.1. The number of Topliss-reactive ketones (excluding diaryl/α,β-unsaturated/α-hetero) is 1. The molecule has 3 heterocycles. The van der Waals surface area contributed by atoms with Crippen LogP contribution in [0.25, 0.3) is 21.6 Å². The van der Waals surface area contributed by atoms with Gasteiger partial charge in [-0.25, -0.2) is 18.4 Å². The van der Waals surface area contributed by atoms with Crippen LogP contribution in [-0.2, 0) is 24.2 Å². The first-order valence-electron chi connectivity index (χ1n) is 18.9. The lowest BCUT2D eigenvalue weighted by atomic mass is 9.93. The first-order valence-corrected chi connectivity index (χ1v) is 21.5. The number of nitrogens with zero attached hydrogens (tertiary/aromatic N) is 2. The van der Waals surface area contributed by atoms with E-state index in [0.29, 0.717) is 48.5 Å². The van der Waals surface area contributed by atoms with Crippen molar-refractivity contribution in [3.05, 3.63) is 47.0 Å². The van der Waals surface area contributed by atoms with Crippen molar-refractivity contribution in [3.63, 3.8) is 0 Å². The Hall–Kier alpha value is -3.84. The van der Waals surface area contributed by atoms with E-state index in [1.54, 1.807) is 21.0 Å². The monoisotopic (exact) mass is 764 g/mol. The van der Waals surface area contributed by atoms with Gasteiger partial charge in [0.25, 0.3) is 0 Å². The van der Waals surface area contributed by atoms with Crippen molar-refractivity contribution < 1.29 is 32.3 Å². The molecular formula is C40H52N4O7S2. The molecule has 6 rings (SSSR count). The third-order valence-electron chi connectivity index (χ3n) is 11.3. The topological polar surface area (TPSA) is 154 Å². The quantitative estimate of drug-likeness (QED) is 0.221. The first kappa shape index (κ1) is 38.9. The van der Waals surface area contributed by atoms with Crippen molar-refractivity contribution in [2.45, 2.75) is 109 Å². The van der Waals surface area contributed by atoms with Gasteiger partial charge >= 0.3 is 0 Å². The molecule has 13 heteroatoms. The fraction of sp³-hybridized carbons (Fsp3) is 0.575. The number of pyridine rings is 1. The molecule has 53 heavy (non-hydrogen) atoms. The standard InChI is InChI=1S/C40H52N4O7S2/c1-7-24(4)53(48,49)22-35(45)40-20-26(40)13-11-9-8-10-12-16-41-37(46)29-17-27(18-30(29)38(47)44-40)51-34-19-31(39-43-32(21-52-39)23(2)3)42-36-25(5)33(50-6)15-14-28(34)36/h11,13-15,19,21,23-24,26-27,29-30H,7-10,12,16-18,20,22H2,1-6H3,(H,41,46)(H,44,47)/b13-11-/t24?,26-,27+,29-,30-,40-/m1/s1. The zero-order valence-electron chi connectivity index (χ0n) is 31.6. The molecule has 0 spiro atoms. The highest BCUT2D eigenvalue weighted by molar-refractivity contribution is 7.92. The molecule has 2 N–H and O–H groups in total. The Labute approximate surface area is 316 Å². The Morgan fingerprint density at radius 1 is 1.06 bits per heavy atom. The number of ether oxygens (including phenoxy) is 2. The number of carbonyl (C=O) groups excluding carboxylic acids is 3. The SMILES string of the molecule is CCC(C)S(=O)(=O)CC(=O)[C@@]12C[C@H]1/C=C\CCCCCNC(=O)[C@@H]1C[C@H](Oc3cc(-c4nc(C(C)C)cs4)nc4c(C)c(OC)ccc34)C[C@H]1C(=O)N2. The predicted molar refractivity (Wildman–Crippen MR) is 207 cm³/mol. The van der Waals surface area contributed by atoms with Crippen molar-refractivity contribution in [1.29, 1.82) is 0 Å². The van der Waals surface area contributed by atoms with E-state index < -0.39 is 56.0 Å². The van der Waals surface area contributed by atoms with Gasteiger partial charge in [-0.15, -0.1) is 11.3 Å². The van der Waals surface area contributed by atoms with Gasteiger partial charge in [-0.05, 0) is 76.8 Å². The number of nitrogens with one attached hydrogen (secondary N) is 2. The molecule has 3 aromatic rings. The third-order valence-corrected chi connectivity index (χ3v) is 14.4. The highest BCUT2D eigenvalue weighted by Crippen LogP contribution is 2.47. The Morgan fingerprint density at radius 3 is 2.51 bits per heavy atom. The number of carbonyl (C=O) groups is 3. The van der Waals surface area contributed by atoms with E-state index in [9.17, 15) is 22.8 Å². The molecule has 2 aliphatic carbocycles. The average Bonchev–Trinajstić information content (AvgIpc) is 3.42. The number of benzene rings is 1. The second kappa shape index (κ2) is 15.9. The molecule has 0 bridgehead atoms. The average molecular weight is 765 g/mol. The van der Waals surface area contributed by atoms with Gasteiger partial charge in [-0.1, -0.05) is 39.3 Å². The summed E-state index contributed by atoms with van der Waals surface area (Å²) >= 11 is 1.52. The molecule has 1 aliphatic heterocycles. The number of allylic oxidation sites excluding steroid dienone is 1. The lowest BCUT2D eigenvalue weighted by molar-refractivity contribution is -0.135. The maximum Gasteiger partial charge on any atom is 0.224 e. The second-order valence-electron chi connectivity index (χ2n) is 15.2. The Balaban J connectivity index is 1.32. The zero-order valence-corrected chi connectivity index (χ0v) is 33.2. The van der Waals surface area contributed by atoms with Crippen LogP contribution in [0.5, 0.6) is 11.5 Å². The number of hydrogen-bond donors (Lipinski definition) is 2. The molecule has 2 fully saturated rings. The van der Waals surface area contributed by atoms with Gasteiger partial charge < -0.3 is 20.1 Å². The van der Waals surface area contributed by atoms with Crippen molar-refractivity contribution >= 4 is 49.7 Å². The van der Waals surface area contributed by atoms with Gasteiger partial charge in [-0.2, -0.15) is 0 Å². The minimum Gasteiger partial charge on any atom is -0.496 e. The van der Waals surface area contributed by atoms with Crippen LogP contribution in [0.1, 0.15) is 96.2 Å². The fourth-order valence-electron chi connectivity index (χ4n) is 7.56. The van der Waals surface area contributed by atoms with Gasteiger partial charge in [0, 0.05) is 34.9 Å². The molecule has 6 atom stereocenters. The first-order chi connectivity index (χ1) is 25.3. The molecule has 1 unspecified atom stereocenters. The minimum absolute atomic E-state index is 0.221. The number of fused-ring (bicyclic) bond motifs is 3. The molecule has 2 amide bonds. The number of aromatic nitrogens is 2. The predicted octanol–water partition coefficient (Wildman–Crippen LogP) is 6.48. The molecule has 2 aromatic heterocycles. The maximum absolute atomic E-state index is 14.3. The van der Waals surface area contributed by atoms with E-state index in [2.05, 4.69) is 24.5 Å². The normalized spacial score (nSPS) is 26.4. The maximum atomic E-state index is 14.3. The van der Waals surface area contributed by atoms with Crippen LogP contribution in [0.2, 0.25) is 0 Å². The second-order valence-corrected chi connectivity index (χ2v) is 18.5. The summed E-state index contributed by atoms with van der Waals surface area (Å²) in [4.78, 5) is 51.7. The van der Waals surface area contributed by atoms with Crippen LogP contribution in [0, 0.1) is 24.7 Å². The van der Waals surface area contributed by atoms with Crippen LogP contribution in [-0.4, -0.2) is 72.3 Å². The van der Waals surface area contributed by atoms with E-state index >= 15 is 0 Å². The van der Waals surface area contributed by atoms with E-state index in [4.69, 9.17) is 19.4 Å². The van der Waals surface area contributed by atoms with E-state index in [0.717, 1.165) is 47.3 Å². The molecular weight excluding hydrogens is 713 g/mol. The number of sulfone groups is 1. The summed E-state index contributed by atoms with van der Waals surface area (Å²) < 4.78 is 38.5. The van der Waals surface area contributed by atoms with Crippen molar-refractivity contribution in [3.8, 4) is 22.2 Å². The summed E-state index contributed by atoms with van der Waals surface area (Å²) in [6, 6.07) is 5.66. The van der Waals surface area contributed by atoms with Crippen LogP contribution in [0.3, 0.4) is 0 Å². The summed E-state index contributed by atoms with van der Waals surface area (Å²) in [7, 11) is -2.08. The Bertz CT molecular complexity index is 2010. The summed E-state index contributed by atoms with van der Waals surface area (Å²) in [6.45, 7) is 10.0. The Morgan fingerprint density at radius 2 is 1.81 bits per heavy atom. The van der Waals surface area contributed by atoms with Crippen LogP contribution < -0.4 is 20.1 Å². The largest absolute Gasteiger partial charge is 0.496 e. The van der Waals surface area contributed by atoms with E-state index in [1.807, 2.05) is 42.7 Å². The van der Waals surface area contributed by atoms with Crippen molar-refractivity contribution in [2.24, 2.45) is 17.8 Å². The summed E-state index contributed by atoms with van der Waals surface area (Å²) in [6.07, 6.45) is 8.18. The van der Waals surface area contributed by atoms with E-state index in [1.165, 1.54) is 11.3 Å².